The normalized spacial score (nSPS) is 11.6. The molecule has 28 heavy (non-hydrogen) atoms. The monoisotopic (exact) mass is 386 g/mol. The third-order valence-corrected chi connectivity index (χ3v) is 3.37. The number of carbonyl (C=O) groups excluding carboxylic acids is 2. The van der Waals surface area contributed by atoms with Crippen LogP contribution in [0.5, 0.6) is 0 Å². The maximum absolute atomic E-state index is 11.6. The van der Waals surface area contributed by atoms with E-state index in [9.17, 15) is 14.4 Å². The van der Waals surface area contributed by atoms with Crippen molar-refractivity contribution in [3.05, 3.63) is 78.4 Å². The lowest BCUT2D eigenvalue weighted by molar-refractivity contribution is -0.137. The molecule has 0 amide bonds. The standard InChI is InChI=1S/C17H18O4.C5H8O2/c1-12(16(18)19)11-15(13(2)17(20)21-3)10-9-14-7-5-4-6-8-14;1-3-5(6)7-4-2/h4-11,15H,2H2,1,3H3,(H,18,19);3H,1,4H2,2H3. The smallest absolute Gasteiger partial charge is 0.334 e. The van der Waals surface area contributed by atoms with E-state index >= 15 is 0 Å². The fraction of sp³-hybridized carbons (Fsp3) is 0.227. The van der Waals surface area contributed by atoms with Gasteiger partial charge in [0.15, 0.2) is 0 Å². The highest BCUT2D eigenvalue weighted by Gasteiger charge is 2.16. The number of carboxylic acids is 1. The Kier molecular flexibility index (Phi) is 12.1. The summed E-state index contributed by atoms with van der Waals surface area (Å²) in [6.45, 7) is 10.5. The molecule has 6 heteroatoms. The van der Waals surface area contributed by atoms with E-state index in [1.165, 1.54) is 20.1 Å². The SMILES string of the molecule is C=C(C(=O)OC)C(C=Cc1ccccc1)C=C(C)C(=O)O.C=CC(=O)OCC. The van der Waals surface area contributed by atoms with Crippen LogP contribution in [-0.4, -0.2) is 36.7 Å². The van der Waals surface area contributed by atoms with Crippen LogP contribution in [0, 0.1) is 5.92 Å². The average Bonchev–Trinajstić information content (AvgIpc) is 2.70. The summed E-state index contributed by atoms with van der Waals surface area (Å²) in [6, 6.07) is 9.49. The fourth-order valence-corrected chi connectivity index (χ4v) is 1.86. The number of hydrogen-bond acceptors (Lipinski definition) is 5. The van der Waals surface area contributed by atoms with E-state index < -0.39 is 17.9 Å². The predicted molar refractivity (Wildman–Crippen MR) is 108 cm³/mol. The molecule has 0 bridgehead atoms. The van der Waals surface area contributed by atoms with Crippen LogP contribution < -0.4 is 0 Å². The lowest BCUT2D eigenvalue weighted by atomic mass is 9.96. The molecule has 150 valence electrons. The molecule has 1 unspecified atom stereocenters. The van der Waals surface area contributed by atoms with Gasteiger partial charge in [-0.15, -0.1) is 0 Å². The first-order valence-corrected chi connectivity index (χ1v) is 8.48. The summed E-state index contributed by atoms with van der Waals surface area (Å²) in [7, 11) is 1.26. The number of allylic oxidation sites excluding steroid dienone is 2. The minimum absolute atomic E-state index is 0.141. The first-order valence-electron chi connectivity index (χ1n) is 8.48. The highest BCUT2D eigenvalue weighted by Crippen LogP contribution is 2.18. The van der Waals surface area contributed by atoms with Gasteiger partial charge in [0.25, 0.3) is 0 Å². The third-order valence-electron chi connectivity index (χ3n) is 3.37. The summed E-state index contributed by atoms with van der Waals surface area (Å²) in [5.74, 6) is -2.49. The Morgan fingerprint density at radius 2 is 1.82 bits per heavy atom. The van der Waals surface area contributed by atoms with Crippen molar-refractivity contribution in [1.29, 1.82) is 0 Å². The van der Waals surface area contributed by atoms with Gasteiger partial charge in [-0.05, 0) is 19.4 Å². The van der Waals surface area contributed by atoms with Crippen molar-refractivity contribution < 1.29 is 29.0 Å². The Morgan fingerprint density at radius 1 is 1.21 bits per heavy atom. The zero-order valence-corrected chi connectivity index (χ0v) is 16.4. The number of carbonyl (C=O) groups is 3. The molecule has 0 saturated carbocycles. The summed E-state index contributed by atoms with van der Waals surface area (Å²) in [4.78, 5) is 32.6. The Balaban J connectivity index is 0.000000887. The molecule has 0 saturated heterocycles. The van der Waals surface area contributed by atoms with Gasteiger partial charge in [-0.3, -0.25) is 0 Å². The molecule has 0 aliphatic carbocycles. The first-order chi connectivity index (χ1) is 13.3. The Morgan fingerprint density at radius 3 is 2.25 bits per heavy atom. The molecule has 0 spiro atoms. The second-order valence-electron chi connectivity index (χ2n) is 5.42. The summed E-state index contributed by atoms with van der Waals surface area (Å²) in [6.07, 6.45) is 6.15. The average molecular weight is 386 g/mol. The van der Waals surface area contributed by atoms with E-state index in [1.807, 2.05) is 36.4 Å². The van der Waals surface area contributed by atoms with Crippen LogP contribution >= 0.6 is 0 Å². The van der Waals surface area contributed by atoms with E-state index in [-0.39, 0.29) is 17.1 Å². The molecule has 0 aliphatic heterocycles. The number of ether oxygens (including phenoxy) is 2. The molecule has 1 aromatic carbocycles. The van der Waals surface area contributed by atoms with Crippen molar-refractivity contribution >= 4 is 24.0 Å². The number of aliphatic carboxylic acids is 1. The second kappa shape index (κ2) is 13.7. The van der Waals surface area contributed by atoms with Crippen molar-refractivity contribution in [2.24, 2.45) is 5.92 Å². The lowest BCUT2D eigenvalue weighted by Crippen LogP contribution is -2.12. The number of methoxy groups -OCH3 is 1. The van der Waals surface area contributed by atoms with E-state index in [2.05, 4.69) is 22.6 Å². The number of benzene rings is 1. The van der Waals surface area contributed by atoms with Gasteiger partial charge in [0.1, 0.15) is 0 Å². The number of esters is 2. The zero-order chi connectivity index (χ0) is 21.5. The Labute approximate surface area is 165 Å². The molecule has 1 N–H and O–H groups in total. The summed E-state index contributed by atoms with van der Waals surface area (Å²) in [5, 5.41) is 8.96. The van der Waals surface area contributed by atoms with Gasteiger partial charge in [0.2, 0.25) is 0 Å². The Hall–Kier alpha value is -3.41. The number of rotatable bonds is 8. The number of hydrogen-bond donors (Lipinski definition) is 1. The maximum Gasteiger partial charge on any atom is 0.334 e. The van der Waals surface area contributed by atoms with Crippen molar-refractivity contribution in [3.63, 3.8) is 0 Å². The van der Waals surface area contributed by atoms with Gasteiger partial charge in [0.05, 0.1) is 13.7 Å². The van der Waals surface area contributed by atoms with E-state index in [0.717, 1.165) is 11.6 Å². The number of carboxylic acid groups (broad SMARTS) is 1. The van der Waals surface area contributed by atoms with Crippen molar-refractivity contribution in [1.82, 2.24) is 0 Å². The van der Waals surface area contributed by atoms with Gasteiger partial charge in [0, 0.05) is 23.1 Å². The van der Waals surface area contributed by atoms with Gasteiger partial charge in [-0.25, -0.2) is 14.4 Å². The van der Waals surface area contributed by atoms with E-state index in [0.29, 0.717) is 6.61 Å². The van der Waals surface area contributed by atoms with Gasteiger partial charge in [-0.1, -0.05) is 61.7 Å². The van der Waals surface area contributed by atoms with Crippen LogP contribution in [0.1, 0.15) is 19.4 Å². The molecule has 0 aromatic heterocycles. The molecule has 0 radical (unpaired) electrons. The van der Waals surface area contributed by atoms with Gasteiger partial charge >= 0.3 is 17.9 Å². The molecule has 0 heterocycles. The maximum atomic E-state index is 11.6. The summed E-state index contributed by atoms with van der Waals surface area (Å²) < 4.78 is 9.07. The van der Waals surface area contributed by atoms with Gasteiger partial charge in [-0.2, -0.15) is 0 Å². The lowest BCUT2D eigenvalue weighted by Gasteiger charge is -2.10. The van der Waals surface area contributed by atoms with Crippen LogP contribution in [0.25, 0.3) is 6.08 Å². The molecule has 0 fully saturated rings. The molecular weight excluding hydrogens is 360 g/mol. The van der Waals surface area contributed by atoms with Crippen LogP contribution in [0.3, 0.4) is 0 Å². The minimum Gasteiger partial charge on any atom is -0.478 e. The Bertz CT molecular complexity index is 744. The fourth-order valence-electron chi connectivity index (χ4n) is 1.86. The van der Waals surface area contributed by atoms with Crippen LogP contribution in [0.2, 0.25) is 0 Å². The van der Waals surface area contributed by atoms with Crippen molar-refractivity contribution in [2.75, 3.05) is 13.7 Å². The third kappa shape index (κ3) is 9.91. The van der Waals surface area contributed by atoms with Crippen LogP contribution in [0.15, 0.2) is 72.9 Å². The van der Waals surface area contributed by atoms with Gasteiger partial charge < -0.3 is 14.6 Å². The zero-order valence-electron chi connectivity index (χ0n) is 16.4. The predicted octanol–water partition coefficient (Wildman–Crippen LogP) is 3.81. The van der Waals surface area contributed by atoms with E-state index in [4.69, 9.17) is 5.11 Å². The highest BCUT2D eigenvalue weighted by atomic mass is 16.5. The second-order valence-corrected chi connectivity index (χ2v) is 5.42. The molecular formula is C22H26O6. The first kappa shape index (κ1) is 24.6. The van der Waals surface area contributed by atoms with E-state index in [1.54, 1.807) is 13.0 Å². The van der Waals surface area contributed by atoms with Crippen LogP contribution in [0.4, 0.5) is 0 Å². The molecule has 6 nitrogen and oxygen atoms in total. The molecule has 0 aliphatic rings. The highest BCUT2D eigenvalue weighted by molar-refractivity contribution is 5.90. The minimum atomic E-state index is -1.04. The summed E-state index contributed by atoms with van der Waals surface area (Å²) in [5.41, 5.74) is 1.27. The largest absolute Gasteiger partial charge is 0.478 e. The molecule has 1 atom stereocenters. The quantitative estimate of drug-likeness (QED) is 0.540. The molecule has 1 aromatic rings. The van der Waals surface area contributed by atoms with Crippen molar-refractivity contribution in [2.45, 2.75) is 13.8 Å². The summed E-state index contributed by atoms with van der Waals surface area (Å²) >= 11 is 0. The topological polar surface area (TPSA) is 89.9 Å². The van der Waals surface area contributed by atoms with Crippen LogP contribution in [-0.2, 0) is 23.9 Å². The van der Waals surface area contributed by atoms with Crippen molar-refractivity contribution in [3.8, 4) is 0 Å². The molecule has 1 rings (SSSR count).